The van der Waals surface area contributed by atoms with Gasteiger partial charge in [-0.3, -0.25) is 9.59 Å². The Kier molecular flexibility index (Phi) is 3.69. The lowest BCUT2D eigenvalue weighted by molar-refractivity contribution is -0.118. The first-order chi connectivity index (χ1) is 8.72. The van der Waals surface area contributed by atoms with Crippen LogP contribution in [0.5, 0.6) is 0 Å². The Bertz CT molecular complexity index is 485. The van der Waals surface area contributed by atoms with Crippen molar-refractivity contribution in [1.29, 1.82) is 0 Å². The van der Waals surface area contributed by atoms with Crippen molar-refractivity contribution in [3.8, 4) is 0 Å². The van der Waals surface area contributed by atoms with Crippen molar-refractivity contribution in [3.63, 3.8) is 0 Å². The van der Waals surface area contributed by atoms with Gasteiger partial charge < -0.3 is 10.4 Å². The molecule has 0 unspecified atom stereocenters. The molecule has 94 valence electrons. The summed E-state index contributed by atoms with van der Waals surface area (Å²) in [6, 6.07) is 8.92. The fourth-order valence-electron chi connectivity index (χ4n) is 1.60. The molecule has 1 heterocycles. The number of nitrogens with one attached hydrogen (secondary N) is 1. The van der Waals surface area contributed by atoms with Crippen LogP contribution in [0.4, 0.5) is 5.69 Å². The number of hydrogen-bond donors (Lipinski definition) is 2. The molecule has 2 rings (SSSR count). The van der Waals surface area contributed by atoms with E-state index in [1.165, 1.54) is 5.01 Å². The molecule has 1 aromatic carbocycles. The van der Waals surface area contributed by atoms with Gasteiger partial charge in [0.2, 0.25) is 0 Å². The average molecular weight is 247 g/mol. The molecule has 0 fully saturated rings. The lowest BCUT2D eigenvalue weighted by Crippen LogP contribution is -2.32. The summed E-state index contributed by atoms with van der Waals surface area (Å²) < 4.78 is 0. The number of aliphatic hydroxyl groups excluding tert-OH is 1. The van der Waals surface area contributed by atoms with Crippen LogP contribution in [-0.4, -0.2) is 35.8 Å². The molecule has 1 aromatic rings. The van der Waals surface area contributed by atoms with Gasteiger partial charge in [-0.05, 0) is 12.1 Å². The van der Waals surface area contributed by atoms with Gasteiger partial charge in [0.1, 0.15) is 5.71 Å². The van der Waals surface area contributed by atoms with Gasteiger partial charge in [0.25, 0.3) is 11.8 Å². The first-order valence-corrected chi connectivity index (χ1v) is 5.57. The van der Waals surface area contributed by atoms with Crippen LogP contribution >= 0.6 is 0 Å². The molecule has 0 saturated heterocycles. The average Bonchev–Trinajstić information content (AvgIpc) is 2.79. The van der Waals surface area contributed by atoms with Gasteiger partial charge in [-0.15, -0.1) is 0 Å². The van der Waals surface area contributed by atoms with Gasteiger partial charge >= 0.3 is 0 Å². The highest BCUT2D eigenvalue weighted by molar-refractivity contribution is 6.44. The maximum absolute atomic E-state index is 11.7. The van der Waals surface area contributed by atoms with Crippen LogP contribution in [0, 0.1) is 0 Å². The van der Waals surface area contributed by atoms with E-state index in [0.29, 0.717) is 5.69 Å². The molecule has 2 N–H and O–H groups in total. The summed E-state index contributed by atoms with van der Waals surface area (Å²) in [5.74, 6) is -0.661. The molecule has 1 aliphatic rings. The van der Waals surface area contributed by atoms with Crippen molar-refractivity contribution < 1.29 is 14.7 Å². The summed E-state index contributed by atoms with van der Waals surface area (Å²) in [7, 11) is 0. The molecule has 0 atom stereocenters. The smallest absolute Gasteiger partial charge is 0.268 e. The largest absolute Gasteiger partial charge is 0.395 e. The molecule has 0 spiro atoms. The van der Waals surface area contributed by atoms with Crippen LogP contribution < -0.4 is 10.3 Å². The van der Waals surface area contributed by atoms with Crippen LogP contribution in [0.25, 0.3) is 0 Å². The molecule has 0 radical (unpaired) electrons. The zero-order chi connectivity index (χ0) is 13.0. The van der Waals surface area contributed by atoms with Crippen LogP contribution in [0.15, 0.2) is 35.4 Å². The highest BCUT2D eigenvalue weighted by Gasteiger charge is 2.28. The van der Waals surface area contributed by atoms with Gasteiger partial charge in [0, 0.05) is 6.54 Å². The Labute approximate surface area is 104 Å². The highest BCUT2D eigenvalue weighted by atomic mass is 16.3. The molecule has 2 amide bonds. The van der Waals surface area contributed by atoms with Crippen LogP contribution in [0.1, 0.15) is 6.42 Å². The Morgan fingerprint density at radius 1 is 1.39 bits per heavy atom. The number of para-hydroxylation sites is 1. The number of amides is 2. The molecule has 0 aliphatic carbocycles. The minimum absolute atomic E-state index is 0.0217. The number of anilines is 1. The number of hydrogen-bond acceptors (Lipinski definition) is 4. The van der Waals surface area contributed by atoms with Gasteiger partial charge in [-0.1, -0.05) is 18.2 Å². The van der Waals surface area contributed by atoms with E-state index in [1.54, 1.807) is 24.3 Å². The molecule has 0 saturated carbocycles. The van der Waals surface area contributed by atoms with Crippen LogP contribution in [0.3, 0.4) is 0 Å². The summed E-state index contributed by atoms with van der Waals surface area (Å²) in [5.41, 5.74) is 0.796. The topological polar surface area (TPSA) is 82.0 Å². The summed E-state index contributed by atoms with van der Waals surface area (Å²) >= 11 is 0. The lowest BCUT2D eigenvalue weighted by atomic mass is 10.2. The van der Waals surface area contributed by atoms with Crippen molar-refractivity contribution in [2.75, 3.05) is 18.2 Å². The molecule has 6 nitrogen and oxygen atoms in total. The fourth-order valence-corrected chi connectivity index (χ4v) is 1.60. The molecule has 6 heteroatoms. The second-order valence-corrected chi connectivity index (χ2v) is 3.74. The Balaban J connectivity index is 2.12. The summed E-state index contributed by atoms with van der Waals surface area (Å²) in [6.45, 7) is 0.00669. The minimum atomic E-state index is -0.421. The number of aliphatic hydroxyl groups is 1. The summed E-state index contributed by atoms with van der Waals surface area (Å²) in [6.07, 6.45) is -0.0217. The van der Waals surface area contributed by atoms with Crippen molar-refractivity contribution in [3.05, 3.63) is 30.3 Å². The van der Waals surface area contributed by atoms with E-state index in [1.807, 2.05) is 6.07 Å². The van der Waals surface area contributed by atoms with E-state index in [4.69, 9.17) is 5.11 Å². The SMILES string of the molecule is O=C(NCCO)C1=NN(c2ccccc2)C(=O)C1. The van der Waals surface area contributed by atoms with E-state index in [0.717, 1.165) is 0 Å². The zero-order valence-electron chi connectivity index (χ0n) is 9.67. The molecule has 18 heavy (non-hydrogen) atoms. The number of rotatable bonds is 4. The molecule has 0 bridgehead atoms. The number of nitrogens with zero attached hydrogens (tertiary/aromatic N) is 2. The van der Waals surface area contributed by atoms with Crippen molar-refractivity contribution >= 4 is 23.2 Å². The first-order valence-electron chi connectivity index (χ1n) is 5.57. The van der Waals surface area contributed by atoms with E-state index in [2.05, 4.69) is 10.4 Å². The van der Waals surface area contributed by atoms with Gasteiger partial charge in [0.15, 0.2) is 0 Å². The standard InChI is InChI=1S/C12H13N3O3/c16-7-6-13-12(18)10-8-11(17)15(14-10)9-4-2-1-3-5-9/h1-5,16H,6-8H2,(H,13,18). The van der Waals surface area contributed by atoms with Gasteiger partial charge in [0.05, 0.1) is 18.7 Å². The maximum atomic E-state index is 11.7. The van der Waals surface area contributed by atoms with Gasteiger partial charge in [-0.2, -0.15) is 10.1 Å². The van der Waals surface area contributed by atoms with E-state index in [-0.39, 0.29) is 31.2 Å². The Morgan fingerprint density at radius 3 is 2.78 bits per heavy atom. The predicted octanol–water partition coefficient (Wildman–Crippen LogP) is -0.112. The molecular weight excluding hydrogens is 234 g/mol. The van der Waals surface area contributed by atoms with E-state index < -0.39 is 5.91 Å². The Hall–Kier alpha value is -2.21. The van der Waals surface area contributed by atoms with Crippen LogP contribution in [0.2, 0.25) is 0 Å². The molecule has 1 aliphatic heterocycles. The van der Waals surface area contributed by atoms with E-state index >= 15 is 0 Å². The first kappa shape index (κ1) is 12.3. The lowest BCUT2D eigenvalue weighted by Gasteiger charge is -2.10. The highest BCUT2D eigenvalue weighted by Crippen LogP contribution is 2.19. The predicted molar refractivity (Wildman–Crippen MR) is 66.1 cm³/mol. The second kappa shape index (κ2) is 5.42. The van der Waals surface area contributed by atoms with Crippen molar-refractivity contribution in [1.82, 2.24) is 5.32 Å². The maximum Gasteiger partial charge on any atom is 0.268 e. The number of benzene rings is 1. The minimum Gasteiger partial charge on any atom is -0.395 e. The number of carbonyl (C=O) groups excluding carboxylic acids is 2. The fraction of sp³-hybridized carbons (Fsp3) is 0.250. The monoisotopic (exact) mass is 247 g/mol. The van der Waals surface area contributed by atoms with E-state index in [9.17, 15) is 9.59 Å². The quantitative estimate of drug-likeness (QED) is 0.778. The Morgan fingerprint density at radius 2 is 2.11 bits per heavy atom. The third kappa shape index (κ3) is 2.54. The summed E-state index contributed by atoms with van der Waals surface area (Å²) in [5, 5.41) is 16.3. The zero-order valence-corrected chi connectivity index (χ0v) is 9.67. The summed E-state index contributed by atoms with van der Waals surface area (Å²) in [4.78, 5) is 23.3. The second-order valence-electron chi connectivity index (χ2n) is 3.74. The molecule has 0 aromatic heterocycles. The number of carbonyl (C=O) groups is 2. The third-order valence-electron chi connectivity index (χ3n) is 2.44. The van der Waals surface area contributed by atoms with Crippen LogP contribution in [-0.2, 0) is 9.59 Å². The molecular formula is C12H13N3O3. The van der Waals surface area contributed by atoms with Gasteiger partial charge in [-0.25, -0.2) is 0 Å². The van der Waals surface area contributed by atoms with Crippen molar-refractivity contribution in [2.24, 2.45) is 5.10 Å². The third-order valence-corrected chi connectivity index (χ3v) is 2.44. The van der Waals surface area contributed by atoms with Crippen molar-refractivity contribution in [2.45, 2.75) is 6.42 Å². The number of hydrazone groups is 1. The normalized spacial score (nSPS) is 14.6.